The molecular weight excluding hydrogens is 380 g/mol. The van der Waals surface area contributed by atoms with Gasteiger partial charge in [0.2, 0.25) is 10.0 Å². The van der Waals surface area contributed by atoms with E-state index in [9.17, 15) is 18.0 Å². The highest BCUT2D eigenvalue weighted by Crippen LogP contribution is 2.31. The van der Waals surface area contributed by atoms with Crippen molar-refractivity contribution in [3.63, 3.8) is 0 Å². The van der Waals surface area contributed by atoms with Crippen LogP contribution >= 0.6 is 0 Å². The Balaban J connectivity index is 1.69. The molecule has 0 fully saturated rings. The first-order valence-corrected chi connectivity index (χ1v) is 10.3. The molecule has 0 bridgehead atoms. The molecule has 0 saturated heterocycles. The van der Waals surface area contributed by atoms with Gasteiger partial charge in [0, 0.05) is 12.1 Å². The quantitative estimate of drug-likeness (QED) is 0.546. The Labute approximate surface area is 163 Å². The van der Waals surface area contributed by atoms with Crippen LogP contribution in [-0.2, 0) is 21.2 Å². The molecule has 2 aromatic rings. The first-order valence-electron chi connectivity index (χ1n) is 8.69. The van der Waals surface area contributed by atoms with Gasteiger partial charge < -0.3 is 4.74 Å². The van der Waals surface area contributed by atoms with Crippen LogP contribution in [0.4, 0.5) is 5.69 Å². The molecule has 0 saturated carbocycles. The van der Waals surface area contributed by atoms with Crippen LogP contribution < -0.4 is 4.31 Å². The Morgan fingerprint density at radius 3 is 2.68 bits per heavy atom. The van der Waals surface area contributed by atoms with Crippen LogP contribution in [0.15, 0.2) is 42.5 Å². The number of anilines is 1. The van der Waals surface area contributed by atoms with E-state index in [4.69, 9.17) is 10.00 Å². The summed E-state index contributed by atoms with van der Waals surface area (Å²) < 4.78 is 30.7. The maximum Gasteiger partial charge on any atom is 0.338 e. The summed E-state index contributed by atoms with van der Waals surface area (Å²) in [7, 11) is -3.35. The second-order valence-electron chi connectivity index (χ2n) is 6.26. The lowest BCUT2D eigenvalue weighted by Gasteiger charge is -2.18. The van der Waals surface area contributed by atoms with Crippen LogP contribution in [0, 0.1) is 11.3 Å². The van der Waals surface area contributed by atoms with Gasteiger partial charge in [0.1, 0.15) is 0 Å². The van der Waals surface area contributed by atoms with Crippen molar-refractivity contribution in [1.82, 2.24) is 0 Å². The fraction of sp³-hybridized carbons (Fsp3) is 0.250. The van der Waals surface area contributed by atoms with Crippen molar-refractivity contribution in [1.29, 1.82) is 5.26 Å². The van der Waals surface area contributed by atoms with Gasteiger partial charge in [-0.3, -0.25) is 9.10 Å². The van der Waals surface area contributed by atoms with E-state index < -0.39 is 22.6 Å². The predicted molar refractivity (Wildman–Crippen MR) is 103 cm³/mol. The third-order valence-electron chi connectivity index (χ3n) is 4.52. The third-order valence-corrected chi connectivity index (χ3v) is 6.30. The highest BCUT2D eigenvalue weighted by atomic mass is 32.2. The van der Waals surface area contributed by atoms with Crippen molar-refractivity contribution in [3.8, 4) is 6.07 Å². The van der Waals surface area contributed by atoms with Crippen molar-refractivity contribution in [2.45, 2.75) is 13.3 Å². The van der Waals surface area contributed by atoms with Gasteiger partial charge >= 0.3 is 5.97 Å². The molecule has 2 aromatic carbocycles. The minimum Gasteiger partial charge on any atom is -0.454 e. The number of fused-ring (bicyclic) bond motifs is 1. The fourth-order valence-corrected chi connectivity index (χ4v) is 4.16. The smallest absolute Gasteiger partial charge is 0.338 e. The maximum atomic E-state index is 12.4. The molecular formula is C20H18N2O5S. The van der Waals surface area contributed by atoms with Crippen molar-refractivity contribution < 1.29 is 22.7 Å². The number of ketones is 1. The molecule has 28 heavy (non-hydrogen) atoms. The molecule has 0 N–H and O–H groups in total. The van der Waals surface area contributed by atoms with Crippen LogP contribution in [0.5, 0.6) is 0 Å². The Kier molecular flexibility index (Phi) is 5.47. The summed E-state index contributed by atoms with van der Waals surface area (Å²) in [6, 6.07) is 12.8. The zero-order valence-electron chi connectivity index (χ0n) is 15.2. The Bertz CT molecular complexity index is 1090. The Hall–Kier alpha value is -3.18. The van der Waals surface area contributed by atoms with Crippen LogP contribution in [0.1, 0.15) is 38.8 Å². The van der Waals surface area contributed by atoms with Gasteiger partial charge in [-0.1, -0.05) is 6.07 Å². The number of carbonyl (C=O) groups is 2. The van der Waals surface area contributed by atoms with E-state index in [2.05, 4.69) is 0 Å². The average Bonchev–Trinajstić information content (AvgIpc) is 3.15. The molecule has 1 heterocycles. The first kappa shape index (κ1) is 19.6. The molecule has 0 aliphatic carbocycles. The van der Waals surface area contributed by atoms with Crippen molar-refractivity contribution in [2.75, 3.05) is 23.2 Å². The summed E-state index contributed by atoms with van der Waals surface area (Å²) in [6.45, 7) is 1.50. The number of Topliss-reactive ketones (excluding diaryl/α,β-unsaturated/α-hetero) is 1. The molecule has 8 heteroatoms. The van der Waals surface area contributed by atoms with Crippen molar-refractivity contribution >= 4 is 27.5 Å². The number of ether oxygens (including phenoxy) is 1. The van der Waals surface area contributed by atoms with Crippen molar-refractivity contribution in [3.05, 3.63) is 64.7 Å². The maximum absolute atomic E-state index is 12.4. The van der Waals surface area contributed by atoms with Gasteiger partial charge in [0.25, 0.3) is 0 Å². The number of sulfonamides is 1. The first-order chi connectivity index (χ1) is 13.4. The van der Waals surface area contributed by atoms with Gasteiger partial charge in [-0.2, -0.15) is 5.26 Å². The standard InChI is InChI=1S/C20H18N2O5S/c1-2-28(25,26)22-9-8-15-11-16(6-7-18(15)22)19(23)13-27-20(24)17-5-3-4-14(10-17)12-21/h3-7,10-11H,2,8-9,13H2,1H3. The molecule has 144 valence electrons. The van der Waals surface area contributed by atoms with E-state index in [0.717, 1.165) is 5.56 Å². The van der Waals surface area contributed by atoms with Crippen LogP contribution in [-0.4, -0.2) is 39.1 Å². The lowest BCUT2D eigenvalue weighted by atomic mass is 10.1. The summed E-state index contributed by atoms with van der Waals surface area (Å²) in [6.07, 6.45) is 0.524. The van der Waals surface area contributed by atoms with Gasteiger partial charge in [0.05, 0.1) is 28.6 Å². The number of esters is 1. The minimum atomic E-state index is -3.35. The van der Waals surface area contributed by atoms with Gasteiger partial charge in [-0.25, -0.2) is 13.2 Å². The lowest BCUT2D eigenvalue weighted by molar-refractivity contribution is 0.0474. The largest absolute Gasteiger partial charge is 0.454 e. The zero-order valence-corrected chi connectivity index (χ0v) is 16.0. The normalized spacial score (nSPS) is 12.9. The number of carbonyl (C=O) groups excluding carboxylic acids is 2. The highest BCUT2D eigenvalue weighted by Gasteiger charge is 2.28. The highest BCUT2D eigenvalue weighted by molar-refractivity contribution is 7.92. The van der Waals surface area contributed by atoms with E-state index >= 15 is 0 Å². The minimum absolute atomic E-state index is 0.01000. The number of hydrogen-bond donors (Lipinski definition) is 0. The molecule has 3 rings (SSSR count). The van der Waals surface area contributed by atoms with E-state index in [0.29, 0.717) is 29.8 Å². The summed E-state index contributed by atoms with van der Waals surface area (Å²) >= 11 is 0. The molecule has 1 aliphatic heterocycles. The second kappa shape index (κ2) is 7.82. The molecule has 1 aliphatic rings. The average molecular weight is 398 g/mol. The molecule has 0 spiro atoms. The molecule has 0 unspecified atom stereocenters. The predicted octanol–water partition coefficient (Wildman–Crippen LogP) is 2.31. The summed E-state index contributed by atoms with van der Waals surface area (Å²) in [5.74, 6) is -1.06. The molecule has 0 radical (unpaired) electrons. The fourth-order valence-electron chi connectivity index (χ4n) is 3.00. The van der Waals surface area contributed by atoms with E-state index in [1.165, 1.54) is 22.5 Å². The second-order valence-corrected chi connectivity index (χ2v) is 8.44. The molecule has 0 amide bonds. The SMILES string of the molecule is CCS(=O)(=O)N1CCc2cc(C(=O)COC(=O)c3cccc(C#N)c3)ccc21. The number of nitriles is 1. The number of hydrogen-bond acceptors (Lipinski definition) is 6. The van der Waals surface area contributed by atoms with Crippen LogP contribution in [0.25, 0.3) is 0 Å². The number of nitrogens with zero attached hydrogens (tertiary/aromatic N) is 2. The van der Waals surface area contributed by atoms with E-state index in [1.807, 2.05) is 6.07 Å². The van der Waals surface area contributed by atoms with E-state index in [1.54, 1.807) is 31.2 Å². The summed E-state index contributed by atoms with van der Waals surface area (Å²) in [5, 5.41) is 8.87. The number of benzene rings is 2. The Morgan fingerprint density at radius 2 is 1.96 bits per heavy atom. The molecule has 7 nitrogen and oxygen atoms in total. The van der Waals surface area contributed by atoms with Crippen LogP contribution in [0.3, 0.4) is 0 Å². The topological polar surface area (TPSA) is 105 Å². The van der Waals surface area contributed by atoms with Gasteiger partial charge in [-0.15, -0.1) is 0 Å². The van der Waals surface area contributed by atoms with Gasteiger partial charge in [-0.05, 0) is 55.3 Å². The third kappa shape index (κ3) is 3.89. The summed E-state index contributed by atoms with van der Waals surface area (Å²) in [5.41, 5.74) is 2.24. The molecule has 0 aromatic heterocycles. The monoisotopic (exact) mass is 398 g/mol. The summed E-state index contributed by atoms with van der Waals surface area (Å²) in [4.78, 5) is 24.4. The van der Waals surface area contributed by atoms with Crippen LogP contribution in [0.2, 0.25) is 0 Å². The van der Waals surface area contributed by atoms with Crippen molar-refractivity contribution in [2.24, 2.45) is 0 Å². The Morgan fingerprint density at radius 1 is 1.18 bits per heavy atom. The van der Waals surface area contributed by atoms with E-state index in [-0.39, 0.29) is 17.1 Å². The molecule has 0 atom stereocenters. The lowest BCUT2D eigenvalue weighted by Crippen LogP contribution is -2.30. The number of rotatable bonds is 6. The zero-order chi connectivity index (χ0) is 20.3. The van der Waals surface area contributed by atoms with Gasteiger partial charge in [0.15, 0.2) is 12.4 Å².